The van der Waals surface area contributed by atoms with Crippen LogP contribution in [0.2, 0.25) is 0 Å². The van der Waals surface area contributed by atoms with Crippen LogP contribution >= 0.6 is 43.4 Å². The third-order valence-corrected chi connectivity index (χ3v) is 3.95. The second kappa shape index (κ2) is 6.44. The van der Waals surface area contributed by atoms with Crippen molar-refractivity contribution in [3.63, 3.8) is 0 Å². The van der Waals surface area contributed by atoms with E-state index in [1.165, 1.54) is 18.6 Å². The molecule has 0 bridgehead atoms. The minimum Gasteiger partial charge on any atom is -0.465 e. The highest BCUT2D eigenvalue weighted by Crippen LogP contribution is 2.31. The maximum absolute atomic E-state index is 11.8. The molecular weight excluding hydrogens is 398 g/mol. The zero-order chi connectivity index (χ0) is 13.8. The number of nitrogens with one attached hydrogen (secondary N) is 1. The standard InChI is InChI=1S/C11H9Br2N3O2S/c1-18-11(17)8-2-6(12)3-9(13)10(8)14-4-7-5-19-16-15-7/h2-3,5,14H,4H2,1H3. The highest BCUT2D eigenvalue weighted by atomic mass is 79.9. The first-order valence-corrected chi connectivity index (χ1v) is 7.61. The van der Waals surface area contributed by atoms with Gasteiger partial charge in [0.15, 0.2) is 0 Å². The molecule has 0 saturated heterocycles. The lowest BCUT2D eigenvalue weighted by molar-refractivity contribution is 0.0601. The summed E-state index contributed by atoms with van der Waals surface area (Å²) >= 11 is 8.06. The van der Waals surface area contributed by atoms with Gasteiger partial charge < -0.3 is 10.1 Å². The van der Waals surface area contributed by atoms with Gasteiger partial charge in [-0.15, -0.1) is 5.10 Å². The molecule has 0 amide bonds. The Bertz CT molecular complexity index is 590. The fraction of sp³-hybridized carbons (Fsp3) is 0.182. The van der Waals surface area contributed by atoms with E-state index >= 15 is 0 Å². The zero-order valence-corrected chi connectivity index (χ0v) is 13.8. The van der Waals surface area contributed by atoms with E-state index in [2.05, 4.69) is 46.8 Å². The average molecular weight is 407 g/mol. The SMILES string of the molecule is COC(=O)c1cc(Br)cc(Br)c1NCc1csnn1. The van der Waals surface area contributed by atoms with Gasteiger partial charge in [0, 0.05) is 14.3 Å². The van der Waals surface area contributed by atoms with Gasteiger partial charge in [-0.05, 0) is 39.6 Å². The monoisotopic (exact) mass is 405 g/mol. The summed E-state index contributed by atoms with van der Waals surface area (Å²) < 4.78 is 10.1. The molecule has 1 N–H and O–H groups in total. The number of aromatic nitrogens is 2. The van der Waals surface area contributed by atoms with Crippen molar-refractivity contribution in [1.29, 1.82) is 0 Å². The fourth-order valence-corrected chi connectivity index (χ4v) is 3.28. The Labute approximate surface area is 130 Å². The number of carbonyl (C=O) groups is 1. The summed E-state index contributed by atoms with van der Waals surface area (Å²) in [5, 5.41) is 8.95. The van der Waals surface area contributed by atoms with Gasteiger partial charge in [0.25, 0.3) is 0 Å². The van der Waals surface area contributed by atoms with Crippen molar-refractivity contribution in [1.82, 2.24) is 9.59 Å². The summed E-state index contributed by atoms with van der Waals surface area (Å²) in [6, 6.07) is 3.56. The van der Waals surface area contributed by atoms with E-state index in [0.29, 0.717) is 17.8 Å². The van der Waals surface area contributed by atoms with E-state index in [4.69, 9.17) is 4.74 Å². The van der Waals surface area contributed by atoms with E-state index in [-0.39, 0.29) is 0 Å². The molecule has 2 rings (SSSR count). The molecule has 0 aliphatic rings. The highest BCUT2D eigenvalue weighted by molar-refractivity contribution is 9.11. The van der Waals surface area contributed by atoms with Gasteiger partial charge in [-0.3, -0.25) is 0 Å². The first-order chi connectivity index (χ1) is 9.11. The lowest BCUT2D eigenvalue weighted by atomic mass is 10.2. The lowest BCUT2D eigenvalue weighted by Crippen LogP contribution is -2.09. The molecule has 0 aliphatic heterocycles. The van der Waals surface area contributed by atoms with Gasteiger partial charge in [-0.2, -0.15) is 0 Å². The smallest absolute Gasteiger partial charge is 0.340 e. The number of ether oxygens (including phenoxy) is 1. The Morgan fingerprint density at radius 1 is 1.47 bits per heavy atom. The number of esters is 1. The molecule has 0 atom stereocenters. The van der Waals surface area contributed by atoms with Crippen LogP contribution in [-0.4, -0.2) is 22.7 Å². The summed E-state index contributed by atoms with van der Waals surface area (Å²) in [4.78, 5) is 11.8. The number of halogens is 2. The molecular formula is C11H9Br2N3O2S. The molecule has 19 heavy (non-hydrogen) atoms. The van der Waals surface area contributed by atoms with Crippen LogP contribution < -0.4 is 5.32 Å². The summed E-state index contributed by atoms with van der Waals surface area (Å²) in [6.45, 7) is 0.487. The normalized spacial score (nSPS) is 10.3. The minimum absolute atomic E-state index is 0.402. The van der Waals surface area contributed by atoms with Crippen molar-refractivity contribution in [2.45, 2.75) is 6.54 Å². The molecule has 0 aliphatic carbocycles. The maximum Gasteiger partial charge on any atom is 0.340 e. The van der Waals surface area contributed by atoms with Crippen LogP contribution in [0.1, 0.15) is 16.1 Å². The van der Waals surface area contributed by atoms with Gasteiger partial charge in [0.2, 0.25) is 0 Å². The number of methoxy groups -OCH3 is 1. The van der Waals surface area contributed by atoms with Gasteiger partial charge in [0.1, 0.15) is 0 Å². The quantitative estimate of drug-likeness (QED) is 0.787. The predicted molar refractivity (Wildman–Crippen MR) is 80.4 cm³/mol. The number of hydrogen-bond donors (Lipinski definition) is 1. The van der Waals surface area contributed by atoms with Crippen molar-refractivity contribution in [2.75, 3.05) is 12.4 Å². The van der Waals surface area contributed by atoms with E-state index in [9.17, 15) is 4.79 Å². The molecule has 0 unspecified atom stereocenters. The largest absolute Gasteiger partial charge is 0.465 e. The Kier molecular flexibility index (Phi) is 4.89. The van der Waals surface area contributed by atoms with Crippen molar-refractivity contribution >= 4 is 55.0 Å². The number of benzene rings is 1. The third kappa shape index (κ3) is 3.52. The van der Waals surface area contributed by atoms with Crippen molar-refractivity contribution < 1.29 is 9.53 Å². The summed E-state index contributed by atoms with van der Waals surface area (Å²) in [7, 11) is 1.35. The molecule has 0 saturated carbocycles. The molecule has 1 aromatic carbocycles. The number of nitrogens with zero attached hydrogens (tertiary/aromatic N) is 2. The molecule has 0 fully saturated rings. The van der Waals surface area contributed by atoms with Gasteiger partial charge in [0.05, 0.1) is 30.6 Å². The van der Waals surface area contributed by atoms with E-state index in [1.807, 2.05) is 11.4 Å². The van der Waals surface area contributed by atoms with E-state index < -0.39 is 5.97 Å². The van der Waals surface area contributed by atoms with Crippen LogP contribution in [0.4, 0.5) is 5.69 Å². The Balaban J connectivity index is 2.29. The van der Waals surface area contributed by atoms with Crippen LogP contribution in [0, 0.1) is 0 Å². The second-order valence-corrected chi connectivity index (χ2v) is 5.93. The van der Waals surface area contributed by atoms with Gasteiger partial charge >= 0.3 is 5.97 Å². The van der Waals surface area contributed by atoms with Crippen LogP contribution in [0.15, 0.2) is 26.5 Å². The lowest BCUT2D eigenvalue weighted by Gasteiger charge is -2.12. The predicted octanol–water partition coefficient (Wildman–Crippen LogP) is 3.46. The van der Waals surface area contributed by atoms with Crippen molar-refractivity contribution in [3.05, 3.63) is 37.7 Å². The summed E-state index contributed by atoms with van der Waals surface area (Å²) in [5.74, 6) is -0.402. The van der Waals surface area contributed by atoms with Crippen molar-refractivity contribution in [2.24, 2.45) is 0 Å². The molecule has 2 aromatic rings. The molecule has 1 aromatic heterocycles. The van der Waals surface area contributed by atoms with E-state index in [1.54, 1.807) is 6.07 Å². The third-order valence-electron chi connectivity index (χ3n) is 2.31. The summed E-state index contributed by atoms with van der Waals surface area (Å²) in [5.41, 5.74) is 1.94. The van der Waals surface area contributed by atoms with Crippen LogP contribution in [-0.2, 0) is 11.3 Å². The highest BCUT2D eigenvalue weighted by Gasteiger charge is 2.16. The van der Waals surface area contributed by atoms with Gasteiger partial charge in [-0.25, -0.2) is 4.79 Å². The number of rotatable bonds is 4. The number of carbonyl (C=O) groups excluding carboxylic acids is 1. The summed E-state index contributed by atoms with van der Waals surface area (Å²) in [6.07, 6.45) is 0. The molecule has 0 radical (unpaired) electrons. The molecule has 5 nitrogen and oxygen atoms in total. The maximum atomic E-state index is 11.8. The van der Waals surface area contributed by atoms with Crippen LogP contribution in [0.25, 0.3) is 0 Å². The van der Waals surface area contributed by atoms with Crippen LogP contribution in [0.3, 0.4) is 0 Å². The van der Waals surface area contributed by atoms with Crippen molar-refractivity contribution in [3.8, 4) is 0 Å². The molecule has 100 valence electrons. The zero-order valence-electron chi connectivity index (χ0n) is 9.81. The number of anilines is 1. The first-order valence-electron chi connectivity index (χ1n) is 5.19. The topological polar surface area (TPSA) is 64.1 Å². The Morgan fingerprint density at radius 3 is 2.89 bits per heavy atom. The number of hydrogen-bond acceptors (Lipinski definition) is 6. The molecule has 8 heteroatoms. The Hall–Kier alpha value is -0.990. The first kappa shape index (κ1) is 14.4. The molecule has 0 spiro atoms. The van der Waals surface area contributed by atoms with Gasteiger partial charge in [-0.1, -0.05) is 20.4 Å². The average Bonchev–Trinajstić information content (AvgIpc) is 2.89. The minimum atomic E-state index is -0.402. The van der Waals surface area contributed by atoms with Crippen LogP contribution in [0.5, 0.6) is 0 Å². The molecule has 1 heterocycles. The Morgan fingerprint density at radius 2 is 2.26 bits per heavy atom. The fourth-order valence-electron chi connectivity index (χ4n) is 1.46. The van der Waals surface area contributed by atoms with E-state index in [0.717, 1.165) is 14.6 Å². The second-order valence-electron chi connectivity index (χ2n) is 3.55.